The Balaban J connectivity index is 0.00000112. The molecule has 0 N–H and O–H groups in total. The molecular weight excluding hydrogens is 264 g/mol. The molecule has 0 unspecified atom stereocenters. The summed E-state index contributed by atoms with van der Waals surface area (Å²) in [5, 5.41) is 0. The van der Waals surface area contributed by atoms with E-state index >= 15 is 0 Å². The van der Waals surface area contributed by atoms with Gasteiger partial charge >= 0.3 is 89.6 Å². The second-order valence-corrected chi connectivity index (χ2v) is 8.40. The molecule has 0 aromatic heterocycles. The molecule has 0 aliphatic rings. The first-order valence-corrected chi connectivity index (χ1v) is 9.02. The van der Waals surface area contributed by atoms with Crippen molar-refractivity contribution in [2.75, 3.05) is 0 Å². The van der Waals surface area contributed by atoms with E-state index in [4.69, 9.17) is 0 Å². The molecule has 0 saturated heterocycles. The molecule has 0 spiro atoms. The average Bonchev–Trinajstić information content (AvgIpc) is 2.30. The quantitative estimate of drug-likeness (QED) is 0.740. The molecule has 0 bridgehead atoms. The van der Waals surface area contributed by atoms with Gasteiger partial charge in [-0.15, -0.1) is 12.4 Å². The predicted octanol–water partition coefficient (Wildman–Crippen LogP) is 2.35. The molecule has 2 rings (SSSR count). The van der Waals surface area contributed by atoms with E-state index in [1.54, 1.807) is 8.79 Å². The molecule has 1 radical (unpaired) electrons. The van der Waals surface area contributed by atoms with Crippen LogP contribution in [0.3, 0.4) is 0 Å². The minimum absolute atomic E-state index is 0. The molecule has 2 aromatic carbocycles. The standard InChI is InChI=1S/C13H13Ge.ClH/c1-14(12-8-4-2-5-9-12)13-10-6-3-7-11-13;/h2-11H,1H3;1H. The predicted molar refractivity (Wildman–Crippen MR) is 71.0 cm³/mol. The van der Waals surface area contributed by atoms with Crippen molar-refractivity contribution >= 4 is 35.5 Å². The third-order valence-electron chi connectivity index (χ3n) is 2.41. The van der Waals surface area contributed by atoms with Crippen LogP contribution in [0.15, 0.2) is 60.7 Å². The molecule has 0 aliphatic heterocycles. The Morgan fingerprint density at radius 3 is 1.33 bits per heavy atom. The summed E-state index contributed by atoms with van der Waals surface area (Å²) in [4.78, 5) is 0. The van der Waals surface area contributed by atoms with Gasteiger partial charge in [0.25, 0.3) is 0 Å². The molecule has 15 heavy (non-hydrogen) atoms. The maximum atomic E-state index is 2.41. The first kappa shape index (κ1) is 12.3. The minimum atomic E-state index is -1.20. The zero-order chi connectivity index (χ0) is 9.80. The number of halogens is 1. The van der Waals surface area contributed by atoms with Crippen LogP contribution in [0.4, 0.5) is 0 Å². The van der Waals surface area contributed by atoms with Crippen molar-refractivity contribution in [1.82, 2.24) is 0 Å². The molecular formula is C13H14ClGe. The van der Waals surface area contributed by atoms with Crippen LogP contribution < -0.4 is 8.79 Å². The van der Waals surface area contributed by atoms with Crippen molar-refractivity contribution in [2.24, 2.45) is 0 Å². The van der Waals surface area contributed by atoms with Gasteiger partial charge in [0.15, 0.2) is 0 Å². The normalized spacial score (nSPS) is 9.73. The molecule has 2 heteroatoms. The molecule has 77 valence electrons. The van der Waals surface area contributed by atoms with Crippen molar-refractivity contribution in [3.8, 4) is 0 Å². The molecule has 0 nitrogen and oxygen atoms in total. The summed E-state index contributed by atoms with van der Waals surface area (Å²) in [7, 11) is 0. The fourth-order valence-electron chi connectivity index (χ4n) is 1.54. The van der Waals surface area contributed by atoms with E-state index in [1.165, 1.54) is 0 Å². The van der Waals surface area contributed by atoms with Gasteiger partial charge in [0.1, 0.15) is 0 Å². The van der Waals surface area contributed by atoms with Gasteiger partial charge in [0.05, 0.1) is 0 Å². The Morgan fingerprint density at radius 2 is 1.00 bits per heavy atom. The summed E-state index contributed by atoms with van der Waals surface area (Å²) in [6.45, 7) is 0. The fraction of sp³-hybridized carbons (Fsp3) is 0.0769. The average molecular weight is 278 g/mol. The van der Waals surface area contributed by atoms with E-state index in [9.17, 15) is 0 Å². The molecule has 0 aliphatic carbocycles. The van der Waals surface area contributed by atoms with Crippen LogP contribution in [0.5, 0.6) is 0 Å². The van der Waals surface area contributed by atoms with Crippen molar-refractivity contribution < 1.29 is 0 Å². The van der Waals surface area contributed by atoms with E-state index in [2.05, 4.69) is 66.4 Å². The van der Waals surface area contributed by atoms with E-state index in [0.29, 0.717) is 0 Å². The number of hydrogen-bond acceptors (Lipinski definition) is 0. The Kier molecular flexibility index (Phi) is 4.93. The van der Waals surface area contributed by atoms with Crippen LogP contribution in [-0.2, 0) is 0 Å². The first-order valence-electron chi connectivity index (χ1n) is 4.82. The molecule has 0 amide bonds. The molecule has 0 saturated carbocycles. The third kappa shape index (κ3) is 3.11. The van der Waals surface area contributed by atoms with Crippen LogP contribution >= 0.6 is 12.4 Å². The van der Waals surface area contributed by atoms with E-state index in [-0.39, 0.29) is 12.4 Å². The number of benzene rings is 2. The summed E-state index contributed by atoms with van der Waals surface area (Å²) < 4.78 is 3.08. The van der Waals surface area contributed by atoms with Gasteiger partial charge in [-0.05, 0) is 0 Å². The Labute approximate surface area is 102 Å². The van der Waals surface area contributed by atoms with E-state index in [1.807, 2.05) is 0 Å². The van der Waals surface area contributed by atoms with Crippen molar-refractivity contribution in [1.29, 1.82) is 0 Å². The van der Waals surface area contributed by atoms with Gasteiger partial charge in [-0.3, -0.25) is 0 Å². The summed E-state index contributed by atoms with van der Waals surface area (Å²) in [5.74, 6) is 2.41. The molecule has 2 aromatic rings. The van der Waals surface area contributed by atoms with E-state index in [0.717, 1.165) is 0 Å². The second kappa shape index (κ2) is 5.99. The second-order valence-electron chi connectivity index (χ2n) is 3.36. The van der Waals surface area contributed by atoms with Gasteiger partial charge in [-0.25, -0.2) is 0 Å². The van der Waals surface area contributed by atoms with Gasteiger partial charge in [0.2, 0.25) is 0 Å². The van der Waals surface area contributed by atoms with Crippen LogP contribution in [0.25, 0.3) is 0 Å². The zero-order valence-corrected chi connectivity index (χ0v) is 11.6. The van der Waals surface area contributed by atoms with Gasteiger partial charge < -0.3 is 0 Å². The summed E-state index contributed by atoms with van der Waals surface area (Å²) in [5.41, 5.74) is 0. The number of hydrogen-bond donors (Lipinski definition) is 0. The van der Waals surface area contributed by atoms with Crippen LogP contribution in [0.1, 0.15) is 0 Å². The Morgan fingerprint density at radius 1 is 0.667 bits per heavy atom. The van der Waals surface area contributed by atoms with Crippen LogP contribution in [0, 0.1) is 0 Å². The van der Waals surface area contributed by atoms with E-state index < -0.39 is 14.3 Å². The Bertz CT molecular complexity index is 346. The fourth-order valence-corrected chi connectivity index (χ4v) is 5.15. The topological polar surface area (TPSA) is 0 Å². The summed E-state index contributed by atoms with van der Waals surface area (Å²) in [6.07, 6.45) is 0. The SMILES string of the molecule is Cl.[CH3][Ge]([c]1ccccc1)[c]1ccccc1. The van der Waals surface area contributed by atoms with Gasteiger partial charge in [-0.2, -0.15) is 0 Å². The van der Waals surface area contributed by atoms with Crippen molar-refractivity contribution in [2.45, 2.75) is 5.76 Å². The summed E-state index contributed by atoms with van der Waals surface area (Å²) >= 11 is -1.20. The zero-order valence-electron chi connectivity index (χ0n) is 8.68. The monoisotopic (exact) mass is 279 g/mol. The van der Waals surface area contributed by atoms with Crippen LogP contribution in [-0.4, -0.2) is 14.3 Å². The molecule has 0 heterocycles. The van der Waals surface area contributed by atoms with Crippen molar-refractivity contribution in [3.63, 3.8) is 0 Å². The van der Waals surface area contributed by atoms with Crippen LogP contribution in [0.2, 0.25) is 5.76 Å². The Hall–Kier alpha value is -0.727. The molecule has 0 fully saturated rings. The summed E-state index contributed by atoms with van der Waals surface area (Å²) in [6, 6.07) is 21.7. The van der Waals surface area contributed by atoms with Gasteiger partial charge in [-0.1, -0.05) is 0 Å². The maximum absolute atomic E-state index is 2.41. The number of rotatable bonds is 2. The first-order chi connectivity index (χ1) is 6.88. The third-order valence-corrected chi connectivity index (χ3v) is 7.45. The van der Waals surface area contributed by atoms with Gasteiger partial charge in [0, 0.05) is 0 Å². The van der Waals surface area contributed by atoms with Crippen molar-refractivity contribution in [3.05, 3.63) is 60.7 Å². The molecule has 0 atom stereocenters.